The predicted molar refractivity (Wildman–Crippen MR) is 97.7 cm³/mol. The van der Waals surface area contributed by atoms with E-state index in [0.717, 1.165) is 18.5 Å². The van der Waals surface area contributed by atoms with E-state index in [4.69, 9.17) is 9.15 Å². The SMILES string of the molecule is Cc1ocnc1C(=O)N1CCC[C@H](c2cncc(Oc3ccccc3)n2)C1. The van der Waals surface area contributed by atoms with Gasteiger partial charge in [-0.3, -0.25) is 9.78 Å². The summed E-state index contributed by atoms with van der Waals surface area (Å²) in [7, 11) is 0. The molecule has 2 aromatic heterocycles. The van der Waals surface area contributed by atoms with Crippen LogP contribution in [0.25, 0.3) is 0 Å². The number of amides is 1. The van der Waals surface area contributed by atoms with Crippen LogP contribution >= 0.6 is 0 Å². The minimum Gasteiger partial charge on any atom is -0.448 e. The third kappa shape index (κ3) is 3.81. The number of rotatable bonds is 4. The lowest BCUT2D eigenvalue weighted by Crippen LogP contribution is -2.39. The van der Waals surface area contributed by atoms with E-state index < -0.39 is 0 Å². The van der Waals surface area contributed by atoms with E-state index >= 15 is 0 Å². The minimum absolute atomic E-state index is 0.101. The van der Waals surface area contributed by atoms with Gasteiger partial charge in [0.1, 0.15) is 11.5 Å². The zero-order valence-electron chi connectivity index (χ0n) is 15.0. The highest BCUT2D eigenvalue weighted by atomic mass is 16.5. The Morgan fingerprint density at radius 3 is 2.89 bits per heavy atom. The van der Waals surface area contributed by atoms with Crippen LogP contribution in [-0.2, 0) is 0 Å². The quantitative estimate of drug-likeness (QED) is 0.704. The number of aromatic nitrogens is 3. The molecule has 0 bridgehead atoms. The van der Waals surface area contributed by atoms with Crippen LogP contribution in [-0.4, -0.2) is 38.8 Å². The molecule has 0 unspecified atom stereocenters. The van der Waals surface area contributed by atoms with Crippen molar-refractivity contribution < 1.29 is 13.9 Å². The van der Waals surface area contributed by atoms with Gasteiger partial charge in [-0.2, -0.15) is 0 Å². The van der Waals surface area contributed by atoms with Gasteiger partial charge in [0.2, 0.25) is 5.88 Å². The van der Waals surface area contributed by atoms with E-state index in [-0.39, 0.29) is 11.8 Å². The van der Waals surface area contributed by atoms with Crippen molar-refractivity contribution in [1.29, 1.82) is 0 Å². The molecule has 138 valence electrons. The standard InChI is InChI=1S/C20H20N4O3/c1-14-19(22-13-26-14)20(25)24-9-5-6-15(12-24)17-10-21-11-18(23-17)27-16-7-3-2-4-8-16/h2-4,7-8,10-11,13,15H,5-6,9,12H2,1H3/t15-/m0/s1. The Hall–Kier alpha value is -3.22. The number of oxazole rings is 1. The molecule has 0 aliphatic carbocycles. The third-order valence-corrected chi connectivity index (χ3v) is 4.67. The molecule has 1 fully saturated rings. The third-order valence-electron chi connectivity index (χ3n) is 4.67. The molecule has 0 N–H and O–H groups in total. The summed E-state index contributed by atoms with van der Waals surface area (Å²) in [6, 6.07) is 9.48. The van der Waals surface area contributed by atoms with Gasteiger partial charge in [-0.1, -0.05) is 18.2 Å². The molecule has 0 saturated carbocycles. The lowest BCUT2D eigenvalue weighted by Gasteiger charge is -2.32. The minimum atomic E-state index is -0.101. The van der Waals surface area contributed by atoms with Crippen LogP contribution in [0.5, 0.6) is 11.6 Å². The molecule has 1 saturated heterocycles. The second-order valence-electron chi connectivity index (χ2n) is 6.54. The topological polar surface area (TPSA) is 81.4 Å². The smallest absolute Gasteiger partial charge is 0.276 e. The normalized spacial score (nSPS) is 16.9. The van der Waals surface area contributed by atoms with Gasteiger partial charge in [0.25, 0.3) is 5.91 Å². The molecule has 7 heteroatoms. The van der Waals surface area contributed by atoms with Crippen LogP contribution in [0.1, 0.15) is 40.7 Å². The molecule has 3 heterocycles. The summed E-state index contributed by atoms with van der Waals surface area (Å²) in [6.45, 7) is 3.03. The van der Waals surface area contributed by atoms with Crippen LogP contribution in [0.3, 0.4) is 0 Å². The maximum Gasteiger partial charge on any atom is 0.276 e. The van der Waals surface area contributed by atoms with E-state index in [2.05, 4.69) is 15.0 Å². The largest absolute Gasteiger partial charge is 0.448 e. The number of benzene rings is 1. The van der Waals surface area contributed by atoms with Crippen molar-refractivity contribution in [2.75, 3.05) is 13.1 Å². The molecule has 1 aromatic carbocycles. The highest BCUT2D eigenvalue weighted by Gasteiger charge is 2.28. The zero-order valence-corrected chi connectivity index (χ0v) is 15.0. The van der Waals surface area contributed by atoms with E-state index in [1.54, 1.807) is 19.3 Å². The zero-order chi connectivity index (χ0) is 18.6. The average molecular weight is 364 g/mol. The van der Waals surface area contributed by atoms with Crippen molar-refractivity contribution in [3.63, 3.8) is 0 Å². The first-order valence-corrected chi connectivity index (χ1v) is 8.95. The second kappa shape index (κ2) is 7.57. The lowest BCUT2D eigenvalue weighted by molar-refractivity contribution is 0.0698. The fraction of sp³-hybridized carbons (Fsp3) is 0.300. The van der Waals surface area contributed by atoms with Crippen molar-refractivity contribution >= 4 is 5.91 Å². The number of piperidine rings is 1. The summed E-state index contributed by atoms with van der Waals surface area (Å²) in [5.74, 6) is 1.72. The molecule has 3 aromatic rings. The van der Waals surface area contributed by atoms with Gasteiger partial charge in [-0.15, -0.1) is 0 Å². The number of nitrogens with zero attached hydrogens (tertiary/aromatic N) is 4. The number of likely N-dealkylation sites (tertiary alicyclic amines) is 1. The molecule has 4 rings (SSSR count). The first-order valence-electron chi connectivity index (χ1n) is 8.95. The number of hydrogen-bond donors (Lipinski definition) is 0. The van der Waals surface area contributed by atoms with Gasteiger partial charge in [-0.25, -0.2) is 9.97 Å². The molecule has 7 nitrogen and oxygen atoms in total. The van der Waals surface area contributed by atoms with Crippen molar-refractivity contribution in [3.05, 3.63) is 66.3 Å². The molecule has 0 spiro atoms. The van der Waals surface area contributed by atoms with Gasteiger partial charge >= 0.3 is 0 Å². The first kappa shape index (κ1) is 17.2. The molecule has 1 aliphatic rings. The number of carbonyl (C=O) groups is 1. The summed E-state index contributed by atoms with van der Waals surface area (Å²) in [5, 5.41) is 0. The van der Waals surface area contributed by atoms with Crippen LogP contribution in [0.2, 0.25) is 0 Å². The fourth-order valence-corrected chi connectivity index (χ4v) is 3.28. The molecular weight excluding hydrogens is 344 g/mol. The highest BCUT2D eigenvalue weighted by molar-refractivity contribution is 5.93. The first-order chi connectivity index (χ1) is 13.2. The molecule has 1 aliphatic heterocycles. The van der Waals surface area contributed by atoms with Crippen LogP contribution in [0.15, 0.2) is 53.5 Å². The van der Waals surface area contributed by atoms with Crippen molar-refractivity contribution in [3.8, 4) is 11.6 Å². The Labute approximate surface area is 157 Å². The monoisotopic (exact) mass is 364 g/mol. The van der Waals surface area contributed by atoms with Gasteiger partial charge in [0.05, 0.1) is 11.9 Å². The van der Waals surface area contributed by atoms with Gasteiger partial charge in [0.15, 0.2) is 12.1 Å². The van der Waals surface area contributed by atoms with E-state index in [1.807, 2.05) is 35.2 Å². The van der Waals surface area contributed by atoms with Crippen LogP contribution in [0, 0.1) is 6.92 Å². The van der Waals surface area contributed by atoms with Crippen molar-refractivity contribution in [1.82, 2.24) is 19.9 Å². The van der Waals surface area contributed by atoms with Crippen molar-refractivity contribution in [2.45, 2.75) is 25.7 Å². The molecular formula is C20H20N4O3. The van der Waals surface area contributed by atoms with E-state index in [9.17, 15) is 4.79 Å². The Morgan fingerprint density at radius 2 is 2.11 bits per heavy atom. The lowest BCUT2D eigenvalue weighted by atomic mass is 9.95. The Kier molecular flexibility index (Phi) is 4.82. The molecule has 27 heavy (non-hydrogen) atoms. The second-order valence-corrected chi connectivity index (χ2v) is 6.54. The Bertz CT molecular complexity index is 926. The van der Waals surface area contributed by atoms with Gasteiger partial charge < -0.3 is 14.1 Å². The predicted octanol–water partition coefficient (Wildman–Crippen LogP) is 3.59. The highest BCUT2D eigenvalue weighted by Crippen LogP contribution is 2.28. The molecule has 1 atom stereocenters. The molecule has 1 amide bonds. The Morgan fingerprint density at radius 1 is 1.26 bits per heavy atom. The fourth-order valence-electron chi connectivity index (χ4n) is 3.28. The van der Waals surface area contributed by atoms with Gasteiger partial charge in [-0.05, 0) is 31.9 Å². The van der Waals surface area contributed by atoms with Crippen LogP contribution in [0.4, 0.5) is 0 Å². The summed E-state index contributed by atoms with van der Waals surface area (Å²) in [5.41, 5.74) is 1.21. The number of carbonyl (C=O) groups excluding carboxylic acids is 1. The average Bonchev–Trinajstić information content (AvgIpc) is 3.14. The van der Waals surface area contributed by atoms with Crippen LogP contribution < -0.4 is 4.74 Å². The van der Waals surface area contributed by atoms with E-state index in [1.165, 1.54) is 6.39 Å². The number of ether oxygens (including phenoxy) is 1. The summed E-state index contributed by atoms with van der Waals surface area (Å²) >= 11 is 0. The number of aryl methyl sites for hydroxylation is 1. The van der Waals surface area contributed by atoms with Crippen molar-refractivity contribution in [2.24, 2.45) is 0 Å². The summed E-state index contributed by atoms with van der Waals surface area (Å²) < 4.78 is 10.9. The Balaban J connectivity index is 1.49. The summed E-state index contributed by atoms with van der Waals surface area (Å²) in [4.78, 5) is 27.4. The van der Waals surface area contributed by atoms with Gasteiger partial charge in [0, 0.05) is 25.2 Å². The maximum atomic E-state index is 12.7. The molecule has 0 radical (unpaired) electrons. The summed E-state index contributed by atoms with van der Waals surface area (Å²) in [6.07, 6.45) is 6.50. The number of hydrogen-bond acceptors (Lipinski definition) is 6. The number of para-hydroxylation sites is 1. The maximum absolute atomic E-state index is 12.7. The van der Waals surface area contributed by atoms with E-state index in [0.29, 0.717) is 36.2 Å².